The van der Waals surface area contributed by atoms with Crippen molar-refractivity contribution in [2.75, 3.05) is 6.26 Å². The molecule has 5 heteroatoms. The van der Waals surface area contributed by atoms with Gasteiger partial charge in [-0.3, -0.25) is 0 Å². The molecule has 0 nitrogen and oxygen atoms in total. The molecule has 7 heavy (non-hydrogen) atoms. The molecule has 0 atom stereocenters. The predicted molar refractivity (Wildman–Crippen MR) is 29.6 cm³/mol. The quantitative estimate of drug-likeness (QED) is 0.408. The molecule has 0 unspecified atom stereocenters. The lowest BCUT2D eigenvalue weighted by molar-refractivity contribution is 0.00819. The van der Waals surface area contributed by atoms with Gasteiger partial charge in [-0.2, -0.15) is 13.2 Å². The number of thiol groups is 1. The summed E-state index contributed by atoms with van der Waals surface area (Å²) in [7, 11) is 1.44. The van der Waals surface area contributed by atoms with E-state index in [9.17, 15) is 13.2 Å². The van der Waals surface area contributed by atoms with Crippen molar-refractivity contribution in [3.05, 3.63) is 0 Å². The summed E-state index contributed by atoms with van der Waals surface area (Å²) in [5.74, 6) is 0. The second kappa shape index (κ2) is 9.70. The highest BCUT2D eigenvalue weighted by molar-refractivity contribution is 8.68. The van der Waals surface area contributed by atoms with E-state index in [4.69, 9.17) is 0 Å². The van der Waals surface area contributed by atoms with Crippen molar-refractivity contribution in [1.82, 2.24) is 0 Å². The van der Waals surface area contributed by atoms with Crippen LogP contribution in [0.5, 0.6) is 0 Å². The number of alkyl halides is 3. The highest BCUT2D eigenvalue weighted by Gasteiger charge is 1.86. The Hall–Kier alpha value is 0.490. The van der Waals surface area contributed by atoms with Crippen LogP contribution in [0, 0.1) is 0 Å². The molecular weight excluding hydrogens is 145 g/mol. The smallest absolute Gasteiger partial charge is 0.174 e. The van der Waals surface area contributed by atoms with Crippen LogP contribution in [0.4, 0.5) is 13.2 Å². The molecule has 0 aliphatic heterocycles. The standard InChI is InChI=1S/CHF3.CH4S2/c2-1(3)4;1-3-2/h1H;2H,1H3. The van der Waals surface area contributed by atoms with Crippen LogP contribution in [0.25, 0.3) is 0 Å². The Morgan fingerprint density at radius 2 is 1.43 bits per heavy atom. The van der Waals surface area contributed by atoms with Crippen molar-refractivity contribution >= 4 is 22.5 Å². The molecule has 0 spiro atoms. The maximum atomic E-state index is 9.67. The second-order valence-corrected chi connectivity index (χ2v) is 1.89. The minimum Gasteiger partial charge on any atom is -0.174 e. The third-order valence-electron chi connectivity index (χ3n) is 0. The third-order valence-corrected chi connectivity index (χ3v) is 0. The van der Waals surface area contributed by atoms with E-state index in [1.807, 2.05) is 6.26 Å². The summed E-state index contributed by atoms with van der Waals surface area (Å²) in [5.41, 5.74) is 0. The van der Waals surface area contributed by atoms with Crippen LogP contribution < -0.4 is 0 Å². The Labute approximate surface area is 49.3 Å². The van der Waals surface area contributed by atoms with E-state index < -0.39 is 6.68 Å². The Bertz CT molecular complexity index is 22.1. The zero-order valence-electron chi connectivity index (χ0n) is 3.57. The summed E-state index contributed by atoms with van der Waals surface area (Å²) in [6, 6.07) is 0. The molecule has 0 bridgehead atoms. The number of hydrogen-bond donors (Lipinski definition) is 1. The minimum absolute atomic E-state index is 1.44. The van der Waals surface area contributed by atoms with Gasteiger partial charge in [0.25, 0.3) is 0 Å². The normalized spacial score (nSPS) is 7.71. The minimum atomic E-state index is -3.67. The largest absolute Gasteiger partial charge is 0.379 e. The summed E-state index contributed by atoms with van der Waals surface area (Å²) in [6.07, 6.45) is 1.91. The fourth-order valence-electron chi connectivity index (χ4n) is 0. The van der Waals surface area contributed by atoms with Gasteiger partial charge in [0.2, 0.25) is 0 Å². The van der Waals surface area contributed by atoms with Crippen molar-refractivity contribution in [1.29, 1.82) is 0 Å². The molecule has 0 amide bonds. The molecule has 0 saturated heterocycles. The molecule has 46 valence electrons. The van der Waals surface area contributed by atoms with Crippen molar-refractivity contribution in [3.63, 3.8) is 0 Å². The Balaban J connectivity index is 0. The van der Waals surface area contributed by atoms with Crippen molar-refractivity contribution in [2.45, 2.75) is 6.68 Å². The van der Waals surface area contributed by atoms with Gasteiger partial charge < -0.3 is 0 Å². The zero-order chi connectivity index (χ0) is 6.28. The molecule has 0 saturated carbocycles. The van der Waals surface area contributed by atoms with Crippen LogP contribution in [-0.2, 0) is 0 Å². The van der Waals surface area contributed by atoms with E-state index in [0.717, 1.165) is 0 Å². The lowest BCUT2D eigenvalue weighted by atomic mass is 11.6. The van der Waals surface area contributed by atoms with Gasteiger partial charge in [0.05, 0.1) is 0 Å². The molecule has 0 aromatic heterocycles. The molecule has 0 rings (SSSR count). The first kappa shape index (κ1) is 10.5. The topological polar surface area (TPSA) is 0 Å². The lowest BCUT2D eigenvalue weighted by Gasteiger charge is -1.65. The van der Waals surface area contributed by atoms with E-state index >= 15 is 0 Å². The van der Waals surface area contributed by atoms with Gasteiger partial charge in [-0.15, -0.1) is 22.5 Å². The maximum absolute atomic E-state index is 9.67. The van der Waals surface area contributed by atoms with Crippen molar-refractivity contribution in [2.24, 2.45) is 0 Å². The Kier molecular flexibility index (Phi) is 14.5. The fourth-order valence-corrected chi connectivity index (χ4v) is 0. The van der Waals surface area contributed by atoms with Crippen LogP contribution >= 0.6 is 22.5 Å². The van der Waals surface area contributed by atoms with Crippen molar-refractivity contribution < 1.29 is 13.2 Å². The average molecular weight is 150 g/mol. The van der Waals surface area contributed by atoms with Crippen LogP contribution in [-0.4, -0.2) is 12.9 Å². The molecule has 0 aliphatic rings. The molecule has 0 aromatic rings. The fraction of sp³-hybridized carbons (Fsp3) is 1.00. The predicted octanol–water partition coefficient (Wildman–Crippen LogP) is 2.37. The molecular formula is C2H5F3S2. The lowest BCUT2D eigenvalue weighted by Crippen LogP contribution is -1.65. The third kappa shape index (κ3) is 545. The average Bonchev–Trinajstić information content (AvgIpc) is 1.33. The van der Waals surface area contributed by atoms with Gasteiger partial charge in [0.15, 0.2) is 0 Å². The van der Waals surface area contributed by atoms with E-state index in [-0.39, 0.29) is 0 Å². The monoisotopic (exact) mass is 150 g/mol. The molecule has 0 fully saturated rings. The number of hydrogen-bond acceptors (Lipinski definition) is 2. The van der Waals surface area contributed by atoms with Gasteiger partial charge >= 0.3 is 6.68 Å². The van der Waals surface area contributed by atoms with Gasteiger partial charge in [-0.05, 0) is 6.26 Å². The zero-order valence-corrected chi connectivity index (χ0v) is 5.28. The number of halogens is 3. The molecule has 0 aromatic carbocycles. The Morgan fingerprint density at radius 1 is 1.43 bits per heavy atom. The SMILES string of the molecule is CSS.FC(F)F. The summed E-state index contributed by atoms with van der Waals surface area (Å²) in [6.45, 7) is -3.67. The summed E-state index contributed by atoms with van der Waals surface area (Å²) >= 11 is 3.71. The molecule has 0 radical (unpaired) electrons. The molecule has 0 N–H and O–H groups in total. The second-order valence-electron chi connectivity index (χ2n) is 0.430. The summed E-state index contributed by atoms with van der Waals surface area (Å²) in [4.78, 5) is 0. The molecule has 0 heterocycles. The van der Waals surface area contributed by atoms with Gasteiger partial charge in [-0.25, -0.2) is 0 Å². The van der Waals surface area contributed by atoms with Crippen LogP contribution in [0.2, 0.25) is 0 Å². The van der Waals surface area contributed by atoms with Crippen molar-refractivity contribution in [3.8, 4) is 0 Å². The van der Waals surface area contributed by atoms with Gasteiger partial charge in [0.1, 0.15) is 0 Å². The highest BCUT2D eigenvalue weighted by Crippen LogP contribution is 1.91. The van der Waals surface area contributed by atoms with Crippen LogP contribution in [0.3, 0.4) is 0 Å². The van der Waals surface area contributed by atoms with Gasteiger partial charge in [-0.1, -0.05) is 0 Å². The highest BCUT2D eigenvalue weighted by atomic mass is 33.1. The van der Waals surface area contributed by atoms with Crippen LogP contribution in [0.15, 0.2) is 0 Å². The number of rotatable bonds is 0. The van der Waals surface area contributed by atoms with E-state index in [1.165, 1.54) is 10.8 Å². The van der Waals surface area contributed by atoms with Gasteiger partial charge in [0, 0.05) is 0 Å². The first-order chi connectivity index (χ1) is 3.15. The molecule has 0 aliphatic carbocycles. The first-order valence-electron chi connectivity index (χ1n) is 1.25. The van der Waals surface area contributed by atoms with E-state index in [2.05, 4.69) is 11.7 Å². The Morgan fingerprint density at radius 3 is 1.43 bits per heavy atom. The maximum Gasteiger partial charge on any atom is 0.379 e. The van der Waals surface area contributed by atoms with E-state index in [0.29, 0.717) is 0 Å². The first-order valence-corrected chi connectivity index (χ1v) is 3.52. The summed E-state index contributed by atoms with van der Waals surface area (Å²) < 4.78 is 29.0. The van der Waals surface area contributed by atoms with Crippen LogP contribution in [0.1, 0.15) is 0 Å². The summed E-state index contributed by atoms with van der Waals surface area (Å²) in [5, 5.41) is 0. The van der Waals surface area contributed by atoms with E-state index in [1.54, 1.807) is 0 Å².